The Balaban J connectivity index is 2.05. The van der Waals surface area contributed by atoms with Crippen LogP contribution >= 0.6 is 0 Å². The average Bonchev–Trinajstić information content (AvgIpc) is 2.91. The van der Waals surface area contributed by atoms with E-state index < -0.39 is 0 Å². The van der Waals surface area contributed by atoms with Gasteiger partial charge in [-0.1, -0.05) is 26.0 Å². The van der Waals surface area contributed by atoms with E-state index in [-0.39, 0.29) is 11.3 Å². The van der Waals surface area contributed by atoms with E-state index in [4.69, 9.17) is 0 Å². The van der Waals surface area contributed by atoms with Crippen molar-refractivity contribution in [2.45, 2.75) is 26.8 Å². The molecule has 1 amide bonds. The summed E-state index contributed by atoms with van der Waals surface area (Å²) in [6.07, 6.45) is 0.912. The molecule has 4 nitrogen and oxygen atoms in total. The first-order valence-electron chi connectivity index (χ1n) is 7.70. The third kappa shape index (κ3) is 3.63. The number of nitrogens with one attached hydrogen (secondary N) is 2. The molecule has 116 valence electrons. The van der Waals surface area contributed by atoms with Crippen LogP contribution < -0.4 is 10.6 Å². The standard InChI is InChI=1S/C17H27N3O/c1-13(2)17(9-10-18-12-17)16(21)19-15-7-5-14(6-8-15)11-20(3)4/h5-8,13,18H,9-12H2,1-4H3,(H,19,21). The zero-order valence-electron chi connectivity index (χ0n) is 13.6. The van der Waals surface area contributed by atoms with Crippen molar-refractivity contribution in [3.05, 3.63) is 29.8 Å². The fourth-order valence-electron chi connectivity index (χ4n) is 2.97. The number of hydrogen-bond donors (Lipinski definition) is 2. The molecule has 0 spiro atoms. The van der Waals surface area contributed by atoms with Crippen molar-refractivity contribution in [3.8, 4) is 0 Å². The Kier molecular flexibility index (Phi) is 5.01. The Morgan fingerprint density at radius 3 is 2.48 bits per heavy atom. The van der Waals surface area contributed by atoms with Crippen molar-refractivity contribution in [1.82, 2.24) is 10.2 Å². The molecule has 1 aromatic carbocycles. The maximum Gasteiger partial charge on any atom is 0.232 e. The van der Waals surface area contributed by atoms with Crippen LogP contribution in [0.4, 0.5) is 5.69 Å². The van der Waals surface area contributed by atoms with E-state index in [1.807, 2.05) is 12.1 Å². The van der Waals surface area contributed by atoms with Gasteiger partial charge in [0.05, 0.1) is 5.41 Å². The number of hydrogen-bond acceptors (Lipinski definition) is 3. The number of carbonyl (C=O) groups is 1. The summed E-state index contributed by atoms with van der Waals surface area (Å²) < 4.78 is 0. The van der Waals surface area contributed by atoms with E-state index in [0.29, 0.717) is 5.92 Å². The van der Waals surface area contributed by atoms with Crippen LogP contribution in [0.15, 0.2) is 24.3 Å². The lowest BCUT2D eigenvalue weighted by atomic mass is 9.75. The quantitative estimate of drug-likeness (QED) is 0.874. The van der Waals surface area contributed by atoms with Crippen LogP contribution in [0, 0.1) is 11.3 Å². The molecule has 0 aliphatic carbocycles. The molecule has 1 aliphatic heterocycles. The monoisotopic (exact) mass is 289 g/mol. The molecule has 1 aliphatic rings. The summed E-state index contributed by atoms with van der Waals surface area (Å²) in [6, 6.07) is 8.13. The third-order valence-corrected chi connectivity index (χ3v) is 4.46. The molecule has 0 saturated carbocycles. The zero-order valence-corrected chi connectivity index (χ0v) is 13.6. The van der Waals surface area contributed by atoms with Crippen LogP contribution in [0.2, 0.25) is 0 Å². The molecule has 21 heavy (non-hydrogen) atoms. The van der Waals surface area contributed by atoms with E-state index in [1.165, 1.54) is 5.56 Å². The van der Waals surface area contributed by atoms with E-state index in [0.717, 1.165) is 31.7 Å². The van der Waals surface area contributed by atoms with Gasteiger partial charge in [0.25, 0.3) is 0 Å². The molecule has 1 atom stereocenters. The van der Waals surface area contributed by atoms with Crippen molar-refractivity contribution < 1.29 is 4.79 Å². The SMILES string of the molecule is CC(C)C1(C(=O)Nc2ccc(CN(C)C)cc2)CCNC1. The van der Waals surface area contributed by atoms with Crippen LogP contribution in [0.25, 0.3) is 0 Å². The first kappa shape index (κ1) is 16.0. The lowest BCUT2D eigenvalue weighted by Crippen LogP contribution is -2.42. The summed E-state index contributed by atoms with van der Waals surface area (Å²) in [5.41, 5.74) is 1.86. The van der Waals surface area contributed by atoms with E-state index in [1.54, 1.807) is 0 Å². The second kappa shape index (κ2) is 6.58. The molecule has 0 aromatic heterocycles. The highest BCUT2D eigenvalue weighted by Gasteiger charge is 2.43. The van der Waals surface area contributed by atoms with Gasteiger partial charge < -0.3 is 15.5 Å². The van der Waals surface area contributed by atoms with Crippen LogP contribution in [-0.4, -0.2) is 38.0 Å². The van der Waals surface area contributed by atoms with Gasteiger partial charge in [-0.2, -0.15) is 0 Å². The molecule has 2 N–H and O–H groups in total. The minimum absolute atomic E-state index is 0.142. The van der Waals surface area contributed by atoms with Crippen molar-refractivity contribution >= 4 is 11.6 Å². The molecule has 1 heterocycles. The van der Waals surface area contributed by atoms with Gasteiger partial charge in [0.2, 0.25) is 5.91 Å². The highest BCUT2D eigenvalue weighted by Crippen LogP contribution is 2.35. The van der Waals surface area contributed by atoms with Gasteiger partial charge >= 0.3 is 0 Å². The Labute approximate surface area is 127 Å². The molecule has 0 bridgehead atoms. The van der Waals surface area contributed by atoms with Crippen LogP contribution in [0.3, 0.4) is 0 Å². The second-order valence-corrected chi connectivity index (χ2v) is 6.63. The predicted octanol–water partition coefficient (Wildman–Crippen LogP) is 2.32. The number of anilines is 1. The fraction of sp³-hybridized carbons (Fsp3) is 0.588. The molecule has 1 saturated heterocycles. The molecule has 0 radical (unpaired) electrons. The van der Waals surface area contributed by atoms with E-state index in [9.17, 15) is 4.79 Å². The molecule has 2 rings (SSSR count). The molecular formula is C17H27N3O. The maximum absolute atomic E-state index is 12.7. The predicted molar refractivity (Wildman–Crippen MR) is 87.2 cm³/mol. The Hall–Kier alpha value is -1.39. The largest absolute Gasteiger partial charge is 0.326 e. The van der Waals surface area contributed by atoms with Gasteiger partial charge in [-0.05, 0) is 50.7 Å². The number of nitrogens with zero attached hydrogens (tertiary/aromatic N) is 1. The molecular weight excluding hydrogens is 262 g/mol. The normalized spacial score (nSPS) is 22.0. The van der Waals surface area contributed by atoms with Crippen molar-refractivity contribution in [3.63, 3.8) is 0 Å². The molecule has 1 aromatic rings. The topological polar surface area (TPSA) is 44.4 Å². The minimum atomic E-state index is -0.275. The molecule has 1 unspecified atom stereocenters. The zero-order chi connectivity index (χ0) is 15.5. The van der Waals surface area contributed by atoms with Crippen molar-refractivity contribution in [2.24, 2.45) is 11.3 Å². The number of carbonyl (C=O) groups excluding carboxylic acids is 1. The lowest BCUT2D eigenvalue weighted by Gasteiger charge is -2.31. The average molecular weight is 289 g/mol. The first-order valence-corrected chi connectivity index (χ1v) is 7.70. The molecule has 4 heteroatoms. The van der Waals surface area contributed by atoms with Gasteiger partial charge in [-0.3, -0.25) is 4.79 Å². The van der Waals surface area contributed by atoms with Gasteiger partial charge in [0.1, 0.15) is 0 Å². The summed E-state index contributed by atoms with van der Waals surface area (Å²) in [5, 5.41) is 6.42. The Bertz CT molecular complexity index is 473. The second-order valence-electron chi connectivity index (χ2n) is 6.63. The smallest absolute Gasteiger partial charge is 0.232 e. The van der Waals surface area contributed by atoms with E-state index in [2.05, 4.69) is 55.6 Å². The highest BCUT2D eigenvalue weighted by molar-refractivity contribution is 5.96. The number of benzene rings is 1. The van der Waals surface area contributed by atoms with Gasteiger partial charge in [0.15, 0.2) is 0 Å². The van der Waals surface area contributed by atoms with Gasteiger partial charge in [-0.15, -0.1) is 0 Å². The summed E-state index contributed by atoms with van der Waals surface area (Å²) in [5.74, 6) is 0.475. The van der Waals surface area contributed by atoms with Crippen molar-refractivity contribution in [2.75, 3.05) is 32.5 Å². The Morgan fingerprint density at radius 1 is 1.33 bits per heavy atom. The van der Waals surface area contributed by atoms with Gasteiger partial charge in [-0.25, -0.2) is 0 Å². The highest BCUT2D eigenvalue weighted by atomic mass is 16.2. The van der Waals surface area contributed by atoms with Crippen LogP contribution in [0.1, 0.15) is 25.8 Å². The van der Waals surface area contributed by atoms with Gasteiger partial charge in [0, 0.05) is 18.8 Å². The summed E-state index contributed by atoms with van der Waals surface area (Å²) in [7, 11) is 4.10. The lowest BCUT2D eigenvalue weighted by molar-refractivity contribution is -0.126. The summed E-state index contributed by atoms with van der Waals surface area (Å²) >= 11 is 0. The van der Waals surface area contributed by atoms with Crippen LogP contribution in [-0.2, 0) is 11.3 Å². The van der Waals surface area contributed by atoms with E-state index >= 15 is 0 Å². The maximum atomic E-state index is 12.7. The minimum Gasteiger partial charge on any atom is -0.326 e. The Morgan fingerprint density at radius 2 is 2.00 bits per heavy atom. The first-order chi connectivity index (χ1) is 9.94. The van der Waals surface area contributed by atoms with Crippen LogP contribution in [0.5, 0.6) is 0 Å². The van der Waals surface area contributed by atoms with Crippen molar-refractivity contribution in [1.29, 1.82) is 0 Å². The number of rotatable bonds is 5. The molecule has 1 fully saturated rings. The summed E-state index contributed by atoms with van der Waals surface area (Å²) in [6.45, 7) is 6.87. The number of amides is 1. The fourth-order valence-corrected chi connectivity index (χ4v) is 2.97. The third-order valence-electron chi connectivity index (χ3n) is 4.46. The summed E-state index contributed by atoms with van der Waals surface area (Å²) in [4.78, 5) is 14.8.